The van der Waals surface area contributed by atoms with E-state index in [2.05, 4.69) is 21.6 Å². The number of nitrogens with zero attached hydrogens (tertiary/aromatic N) is 4. The van der Waals surface area contributed by atoms with Gasteiger partial charge in [-0.15, -0.1) is 21.5 Å². The van der Waals surface area contributed by atoms with E-state index in [1.807, 2.05) is 46.3 Å². The van der Waals surface area contributed by atoms with E-state index in [9.17, 15) is 14.4 Å². The van der Waals surface area contributed by atoms with E-state index >= 15 is 0 Å². The highest BCUT2D eigenvalue weighted by Crippen LogP contribution is 2.36. The van der Waals surface area contributed by atoms with Crippen LogP contribution in [0.15, 0.2) is 53.0 Å². The average Bonchev–Trinajstić information content (AvgIpc) is 3.51. The molecule has 3 aromatic rings. The van der Waals surface area contributed by atoms with E-state index in [1.54, 1.807) is 11.3 Å². The smallest absolute Gasteiger partial charge is 0.252 e. The summed E-state index contributed by atoms with van der Waals surface area (Å²) in [5.41, 5.74) is 0.00612. The molecule has 176 valence electrons. The van der Waals surface area contributed by atoms with Crippen LogP contribution in [0.1, 0.15) is 42.8 Å². The summed E-state index contributed by atoms with van der Waals surface area (Å²) >= 11 is 2.95. The molecular formula is C24H25N5O3S2. The molecule has 1 saturated heterocycles. The summed E-state index contributed by atoms with van der Waals surface area (Å²) in [6, 6.07) is 13.9. The van der Waals surface area contributed by atoms with Gasteiger partial charge in [-0.3, -0.25) is 24.3 Å². The number of hydrogen-bond acceptors (Lipinski definition) is 7. The Hall–Kier alpha value is -2.98. The van der Waals surface area contributed by atoms with Gasteiger partial charge in [-0.2, -0.15) is 0 Å². The quantitative estimate of drug-likeness (QED) is 0.417. The zero-order valence-corrected chi connectivity index (χ0v) is 20.2. The lowest BCUT2D eigenvalue weighted by molar-refractivity contribution is -0.158. The van der Waals surface area contributed by atoms with Gasteiger partial charge in [0, 0.05) is 17.0 Å². The minimum absolute atomic E-state index is 0.0757. The lowest BCUT2D eigenvalue weighted by atomic mass is 9.78. The Bertz CT molecular complexity index is 1190. The molecule has 2 aromatic heterocycles. The number of aromatic nitrogens is 3. The molecule has 2 fully saturated rings. The second kappa shape index (κ2) is 9.71. The summed E-state index contributed by atoms with van der Waals surface area (Å²) in [7, 11) is 0. The SMILES string of the molecule is O=C1CN(C(=O)CSc2nnc(Cc3cccs3)n2-c2ccccc2)C2(CCCCC2)C(=O)N1. The molecule has 0 bridgehead atoms. The molecule has 8 nitrogen and oxygen atoms in total. The fourth-order valence-corrected chi connectivity index (χ4v) is 6.33. The van der Waals surface area contributed by atoms with Crippen molar-refractivity contribution >= 4 is 40.8 Å². The molecule has 1 aliphatic carbocycles. The van der Waals surface area contributed by atoms with E-state index in [0.717, 1.165) is 30.8 Å². The van der Waals surface area contributed by atoms with Crippen LogP contribution in [0, 0.1) is 0 Å². The zero-order valence-electron chi connectivity index (χ0n) is 18.6. The van der Waals surface area contributed by atoms with Crippen LogP contribution < -0.4 is 5.32 Å². The van der Waals surface area contributed by atoms with Crippen LogP contribution in [0.5, 0.6) is 0 Å². The Morgan fingerprint density at radius 2 is 1.85 bits per heavy atom. The molecule has 3 heterocycles. The second-order valence-corrected chi connectivity index (χ2v) is 10.5. The number of imide groups is 1. The predicted octanol–water partition coefficient (Wildman–Crippen LogP) is 3.20. The Kier molecular flexibility index (Phi) is 6.51. The van der Waals surface area contributed by atoms with Crippen molar-refractivity contribution in [3.8, 4) is 5.69 Å². The van der Waals surface area contributed by atoms with Crippen LogP contribution in [-0.2, 0) is 20.8 Å². The molecule has 0 radical (unpaired) electrons. The Labute approximate surface area is 205 Å². The molecule has 3 amide bonds. The average molecular weight is 496 g/mol. The number of rotatable bonds is 6. The lowest BCUT2D eigenvalue weighted by Crippen LogP contribution is -2.69. The minimum atomic E-state index is -0.915. The lowest BCUT2D eigenvalue weighted by Gasteiger charge is -2.47. The van der Waals surface area contributed by atoms with Gasteiger partial charge in [-0.05, 0) is 36.4 Å². The van der Waals surface area contributed by atoms with Crippen molar-refractivity contribution in [2.24, 2.45) is 0 Å². The first-order chi connectivity index (χ1) is 16.6. The van der Waals surface area contributed by atoms with E-state index in [-0.39, 0.29) is 24.1 Å². The van der Waals surface area contributed by atoms with Crippen LogP contribution in [0.25, 0.3) is 5.69 Å². The number of piperazine rings is 1. The molecule has 10 heteroatoms. The maximum absolute atomic E-state index is 13.4. The number of carbonyl (C=O) groups excluding carboxylic acids is 3. The molecular weight excluding hydrogens is 470 g/mol. The Balaban J connectivity index is 1.39. The second-order valence-electron chi connectivity index (χ2n) is 8.56. The summed E-state index contributed by atoms with van der Waals surface area (Å²) in [5.74, 6) is -0.123. The highest BCUT2D eigenvalue weighted by Gasteiger charge is 2.50. The van der Waals surface area contributed by atoms with Gasteiger partial charge < -0.3 is 4.90 Å². The highest BCUT2D eigenvalue weighted by molar-refractivity contribution is 7.99. The number of thiophene rings is 1. The first-order valence-electron chi connectivity index (χ1n) is 11.4. The van der Waals surface area contributed by atoms with Crippen LogP contribution in [0.3, 0.4) is 0 Å². The van der Waals surface area contributed by atoms with Crippen molar-refractivity contribution in [1.82, 2.24) is 25.0 Å². The van der Waals surface area contributed by atoms with Crippen molar-refractivity contribution < 1.29 is 14.4 Å². The summed E-state index contributed by atoms with van der Waals surface area (Å²) in [4.78, 5) is 41.0. The van der Waals surface area contributed by atoms with Gasteiger partial charge in [-0.1, -0.05) is 55.3 Å². The van der Waals surface area contributed by atoms with Crippen molar-refractivity contribution in [3.63, 3.8) is 0 Å². The zero-order chi connectivity index (χ0) is 23.5. The van der Waals surface area contributed by atoms with Crippen LogP contribution in [0.2, 0.25) is 0 Å². The van der Waals surface area contributed by atoms with E-state index < -0.39 is 11.4 Å². The predicted molar refractivity (Wildman–Crippen MR) is 130 cm³/mol. The summed E-state index contributed by atoms with van der Waals surface area (Å²) < 4.78 is 1.97. The number of thioether (sulfide) groups is 1. The first-order valence-corrected chi connectivity index (χ1v) is 13.2. The fraction of sp³-hybridized carbons (Fsp3) is 0.375. The largest absolute Gasteiger partial charge is 0.318 e. The van der Waals surface area contributed by atoms with Crippen LogP contribution in [0.4, 0.5) is 0 Å². The van der Waals surface area contributed by atoms with E-state index in [1.165, 1.54) is 21.5 Å². The molecule has 2 aliphatic rings. The van der Waals surface area contributed by atoms with Gasteiger partial charge in [0.15, 0.2) is 5.16 Å². The van der Waals surface area contributed by atoms with Crippen molar-refractivity contribution in [1.29, 1.82) is 0 Å². The molecule has 0 atom stereocenters. The van der Waals surface area contributed by atoms with Gasteiger partial charge in [0.2, 0.25) is 11.8 Å². The molecule has 5 rings (SSSR count). The van der Waals surface area contributed by atoms with Crippen molar-refractivity contribution in [3.05, 3.63) is 58.5 Å². The van der Waals surface area contributed by atoms with Crippen molar-refractivity contribution in [2.45, 2.75) is 49.2 Å². The third-order valence-electron chi connectivity index (χ3n) is 6.43. The summed E-state index contributed by atoms with van der Waals surface area (Å²) in [6.07, 6.45) is 4.59. The molecule has 1 aliphatic heterocycles. The first kappa shape index (κ1) is 22.8. The molecule has 1 spiro atoms. The van der Waals surface area contributed by atoms with Crippen LogP contribution in [-0.4, -0.2) is 55.2 Å². The van der Waals surface area contributed by atoms with Gasteiger partial charge in [0.05, 0.1) is 5.75 Å². The summed E-state index contributed by atoms with van der Waals surface area (Å²) in [6.45, 7) is -0.0832. The third-order valence-corrected chi connectivity index (χ3v) is 8.22. The Morgan fingerprint density at radius 3 is 2.59 bits per heavy atom. The van der Waals surface area contributed by atoms with E-state index in [4.69, 9.17) is 0 Å². The maximum Gasteiger partial charge on any atom is 0.252 e. The number of carbonyl (C=O) groups is 3. The maximum atomic E-state index is 13.4. The number of benzene rings is 1. The summed E-state index contributed by atoms with van der Waals surface area (Å²) in [5, 5.41) is 13.9. The minimum Gasteiger partial charge on any atom is -0.318 e. The monoisotopic (exact) mass is 495 g/mol. The normalized spacial score (nSPS) is 17.7. The molecule has 34 heavy (non-hydrogen) atoms. The topological polar surface area (TPSA) is 97.2 Å². The highest BCUT2D eigenvalue weighted by atomic mass is 32.2. The fourth-order valence-electron chi connectivity index (χ4n) is 4.78. The molecule has 0 unspecified atom stereocenters. The van der Waals surface area contributed by atoms with Gasteiger partial charge in [0.1, 0.15) is 17.9 Å². The van der Waals surface area contributed by atoms with Gasteiger partial charge in [0.25, 0.3) is 5.91 Å². The van der Waals surface area contributed by atoms with E-state index in [0.29, 0.717) is 24.4 Å². The molecule has 1 aromatic carbocycles. The van der Waals surface area contributed by atoms with Gasteiger partial charge >= 0.3 is 0 Å². The number of hydrogen-bond donors (Lipinski definition) is 1. The molecule has 1 saturated carbocycles. The van der Waals surface area contributed by atoms with Gasteiger partial charge in [-0.25, -0.2) is 0 Å². The van der Waals surface area contributed by atoms with Crippen LogP contribution >= 0.6 is 23.1 Å². The number of para-hydroxylation sites is 1. The standard InChI is InChI=1S/C24H25N5O3S2/c30-20-15-28(24(22(32)25-20)11-5-2-6-12-24)21(31)16-34-23-27-26-19(14-18-10-7-13-33-18)29(23)17-8-3-1-4-9-17/h1,3-4,7-10,13H,2,5-6,11-12,14-16H2,(H,25,30,32). The van der Waals surface area contributed by atoms with Crippen molar-refractivity contribution in [2.75, 3.05) is 12.3 Å². The Morgan fingerprint density at radius 1 is 1.06 bits per heavy atom. The number of amides is 3. The molecule has 1 N–H and O–H groups in total. The number of nitrogens with one attached hydrogen (secondary N) is 1. The third kappa shape index (κ3) is 4.39.